The molecule has 0 saturated carbocycles. The molecule has 6 heteroatoms. The van der Waals surface area contributed by atoms with E-state index < -0.39 is 12.0 Å². The van der Waals surface area contributed by atoms with Gasteiger partial charge >= 0.3 is 5.97 Å². The minimum atomic E-state index is -1.05. The third-order valence-corrected chi connectivity index (χ3v) is 3.57. The van der Waals surface area contributed by atoms with E-state index >= 15 is 0 Å². The van der Waals surface area contributed by atoms with E-state index in [0.717, 1.165) is 12.0 Å². The maximum absolute atomic E-state index is 12.3. The summed E-state index contributed by atoms with van der Waals surface area (Å²) in [7, 11) is 0. The van der Waals surface area contributed by atoms with Gasteiger partial charge in [-0.05, 0) is 25.3 Å². The number of amides is 2. The number of benzene rings is 1. The molecule has 0 aromatic heterocycles. The van der Waals surface area contributed by atoms with Gasteiger partial charge in [0.05, 0.1) is 0 Å². The molecule has 126 valence electrons. The summed E-state index contributed by atoms with van der Waals surface area (Å²) in [5, 5.41) is 11.7. The molecule has 2 N–H and O–H groups in total. The highest BCUT2D eigenvalue weighted by Crippen LogP contribution is 2.08. The van der Waals surface area contributed by atoms with Gasteiger partial charge in [0.25, 0.3) is 0 Å². The van der Waals surface area contributed by atoms with E-state index in [-0.39, 0.29) is 31.3 Å². The Bertz CT molecular complexity index is 531. The molecule has 1 rings (SSSR count). The highest BCUT2D eigenvalue weighted by molar-refractivity contribution is 5.83. The first-order valence-electron chi connectivity index (χ1n) is 7.72. The van der Waals surface area contributed by atoms with E-state index in [9.17, 15) is 14.4 Å². The molecule has 0 aliphatic carbocycles. The molecule has 0 aliphatic heterocycles. The van der Waals surface area contributed by atoms with Crippen molar-refractivity contribution in [3.8, 4) is 0 Å². The zero-order chi connectivity index (χ0) is 17.2. The van der Waals surface area contributed by atoms with Crippen molar-refractivity contribution in [3.05, 3.63) is 35.9 Å². The molecule has 0 bridgehead atoms. The number of aryl methyl sites for hydroxylation is 1. The first-order chi connectivity index (χ1) is 10.9. The van der Waals surface area contributed by atoms with Crippen molar-refractivity contribution in [1.29, 1.82) is 0 Å². The SMILES string of the molecule is CC(=O)NCCN(C(=O)CCCc1ccccc1)C(C)C(=O)O. The van der Waals surface area contributed by atoms with Crippen LogP contribution in [0.4, 0.5) is 0 Å². The summed E-state index contributed by atoms with van der Waals surface area (Å²) < 4.78 is 0. The van der Waals surface area contributed by atoms with Crippen molar-refractivity contribution in [3.63, 3.8) is 0 Å². The third-order valence-electron chi connectivity index (χ3n) is 3.57. The highest BCUT2D eigenvalue weighted by Gasteiger charge is 2.24. The Morgan fingerprint density at radius 1 is 1.22 bits per heavy atom. The van der Waals surface area contributed by atoms with Crippen molar-refractivity contribution in [2.45, 2.75) is 39.2 Å². The van der Waals surface area contributed by atoms with Gasteiger partial charge in [-0.1, -0.05) is 30.3 Å². The van der Waals surface area contributed by atoms with E-state index in [1.807, 2.05) is 30.3 Å². The van der Waals surface area contributed by atoms with Crippen LogP contribution >= 0.6 is 0 Å². The average Bonchev–Trinajstić information content (AvgIpc) is 2.51. The van der Waals surface area contributed by atoms with Crippen LogP contribution in [-0.4, -0.2) is 46.9 Å². The second kappa shape index (κ2) is 9.61. The van der Waals surface area contributed by atoms with Crippen LogP contribution in [0.1, 0.15) is 32.3 Å². The Hall–Kier alpha value is -2.37. The second-order valence-corrected chi connectivity index (χ2v) is 5.42. The van der Waals surface area contributed by atoms with Crippen LogP contribution < -0.4 is 5.32 Å². The summed E-state index contributed by atoms with van der Waals surface area (Å²) in [4.78, 5) is 35.7. The van der Waals surface area contributed by atoms with E-state index in [2.05, 4.69) is 5.32 Å². The summed E-state index contributed by atoms with van der Waals surface area (Å²) in [6.45, 7) is 3.30. The Morgan fingerprint density at radius 3 is 2.43 bits per heavy atom. The number of nitrogens with zero attached hydrogens (tertiary/aromatic N) is 1. The molecule has 2 amide bonds. The van der Waals surface area contributed by atoms with Gasteiger partial charge in [0, 0.05) is 26.4 Å². The molecule has 0 spiro atoms. The van der Waals surface area contributed by atoms with Gasteiger partial charge in [-0.2, -0.15) is 0 Å². The fourth-order valence-electron chi connectivity index (χ4n) is 2.25. The van der Waals surface area contributed by atoms with Gasteiger partial charge < -0.3 is 15.3 Å². The molecule has 1 unspecified atom stereocenters. The van der Waals surface area contributed by atoms with Crippen molar-refractivity contribution in [1.82, 2.24) is 10.2 Å². The summed E-state index contributed by atoms with van der Waals surface area (Å²) in [6, 6.07) is 8.92. The lowest BCUT2D eigenvalue weighted by atomic mass is 10.1. The summed E-state index contributed by atoms with van der Waals surface area (Å²) in [6.07, 6.45) is 1.71. The maximum atomic E-state index is 12.3. The lowest BCUT2D eigenvalue weighted by Gasteiger charge is -2.26. The van der Waals surface area contributed by atoms with E-state index in [1.54, 1.807) is 0 Å². The van der Waals surface area contributed by atoms with Crippen molar-refractivity contribution < 1.29 is 19.5 Å². The molecule has 0 fully saturated rings. The first-order valence-corrected chi connectivity index (χ1v) is 7.72. The molecule has 0 aliphatic rings. The number of carbonyl (C=O) groups excluding carboxylic acids is 2. The van der Waals surface area contributed by atoms with E-state index in [0.29, 0.717) is 6.42 Å². The zero-order valence-corrected chi connectivity index (χ0v) is 13.6. The highest BCUT2D eigenvalue weighted by atomic mass is 16.4. The van der Waals surface area contributed by atoms with Crippen LogP contribution in [-0.2, 0) is 20.8 Å². The molecule has 1 aromatic rings. The molecule has 23 heavy (non-hydrogen) atoms. The van der Waals surface area contributed by atoms with Crippen LogP contribution in [0.5, 0.6) is 0 Å². The van der Waals surface area contributed by atoms with Crippen molar-refractivity contribution in [2.24, 2.45) is 0 Å². The smallest absolute Gasteiger partial charge is 0.326 e. The Balaban J connectivity index is 2.52. The number of nitrogens with one attached hydrogen (secondary N) is 1. The molecule has 6 nitrogen and oxygen atoms in total. The Labute approximate surface area is 136 Å². The van der Waals surface area contributed by atoms with Crippen LogP contribution in [0.25, 0.3) is 0 Å². The van der Waals surface area contributed by atoms with E-state index in [1.165, 1.54) is 18.7 Å². The molecular formula is C17H24N2O4. The number of carbonyl (C=O) groups is 3. The quantitative estimate of drug-likeness (QED) is 0.721. The fraction of sp³-hybridized carbons (Fsp3) is 0.471. The summed E-state index contributed by atoms with van der Waals surface area (Å²) in [5.41, 5.74) is 1.15. The second-order valence-electron chi connectivity index (χ2n) is 5.42. The molecule has 1 atom stereocenters. The van der Waals surface area contributed by atoms with Gasteiger partial charge in [-0.25, -0.2) is 4.79 Å². The lowest BCUT2D eigenvalue weighted by molar-refractivity contribution is -0.149. The van der Waals surface area contributed by atoms with Crippen molar-refractivity contribution in [2.75, 3.05) is 13.1 Å². The number of aliphatic carboxylic acids is 1. The molecular weight excluding hydrogens is 296 g/mol. The van der Waals surface area contributed by atoms with Crippen molar-refractivity contribution >= 4 is 17.8 Å². The minimum Gasteiger partial charge on any atom is -0.480 e. The Kier molecular flexibility index (Phi) is 7.80. The molecule has 1 aromatic carbocycles. The minimum absolute atomic E-state index is 0.192. The topological polar surface area (TPSA) is 86.7 Å². The summed E-state index contributed by atoms with van der Waals surface area (Å²) >= 11 is 0. The predicted molar refractivity (Wildman–Crippen MR) is 86.9 cm³/mol. The van der Waals surface area contributed by atoms with Crippen LogP contribution in [0.3, 0.4) is 0 Å². The third kappa shape index (κ3) is 6.95. The number of carboxylic acid groups (broad SMARTS) is 1. The van der Waals surface area contributed by atoms with Gasteiger partial charge in [0.2, 0.25) is 11.8 Å². The molecule has 0 heterocycles. The maximum Gasteiger partial charge on any atom is 0.326 e. The monoisotopic (exact) mass is 320 g/mol. The average molecular weight is 320 g/mol. The molecule has 0 saturated heterocycles. The summed E-state index contributed by atoms with van der Waals surface area (Å²) in [5.74, 6) is -1.46. The zero-order valence-electron chi connectivity index (χ0n) is 13.6. The first kappa shape index (κ1) is 18.7. The van der Waals surface area contributed by atoms with Gasteiger partial charge in [-0.3, -0.25) is 9.59 Å². The normalized spacial score (nSPS) is 11.6. The number of carboxylic acids is 1. The standard InChI is InChI=1S/C17H24N2O4/c1-13(17(22)23)19(12-11-18-14(2)20)16(21)10-6-9-15-7-4-3-5-8-15/h3-5,7-8,13H,6,9-12H2,1-2H3,(H,18,20)(H,22,23). The van der Waals surface area contributed by atoms with E-state index in [4.69, 9.17) is 5.11 Å². The Morgan fingerprint density at radius 2 is 1.87 bits per heavy atom. The predicted octanol–water partition coefficient (Wildman–Crippen LogP) is 1.45. The van der Waals surface area contributed by atoms with Gasteiger partial charge in [-0.15, -0.1) is 0 Å². The van der Waals surface area contributed by atoms with Crippen LogP contribution in [0.15, 0.2) is 30.3 Å². The number of hydrogen-bond acceptors (Lipinski definition) is 3. The number of hydrogen-bond donors (Lipinski definition) is 2. The van der Waals surface area contributed by atoms with Gasteiger partial charge in [0.1, 0.15) is 6.04 Å². The fourth-order valence-corrected chi connectivity index (χ4v) is 2.25. The van der Waals surface area contributed by atoms with Crippen LogP contribution in [0, 0.1) is 0 Å². The van der Waals surface area contributed by atoms with Crippen LogP contribution in [0.2, 0.25) is 0 Å². The number of rotatable bonds is 9. The lowest BCUT2D eigenvalue weighted by Crippen LogP contribution is -2.46. The molecule has 0 radical (unpaired) electrons. The van der Waals surface area contributed by atoms with Gasteiger partial charge in [0.15, 0.2) is 0 Å². The largest absolute Gasteiger partial charge is 0.480 e.